The smallest absolute Gasteiger partial charge is 0.411 e. The molecule has 1 atom stereocenters. The Kier molecular flexibility index (Phi) is 5.25. The minimum atomic E-state index is -0.528. The van der Waals surface area contributed by atoms with Crippen LogP contribution in [0.5, 0.6) is 0 Å². The predicted molar refractivity (Wildman–Crippen MR) is 64.3 cm³/mol. The third kappa shape index (κ3) is 4.61. The zero-order valence-electron chi connectivity index (χ0n) is 8.87. The van der Waals surface area contributed by atoms with E-state index in [1.54, 1.807) is 0 Å². The first kappa shape index (κ1) is 13.0. The van der Waals surface area contributed by atoms with Gasteiger partial charge in [-0.1, -0.05) is 22.9 Å². The van der Waals surface area contributed by atoms with Crippen molar-refractivity contribution < 1.29 is 13.9 Å². The molecule has 0 aliphatic heterocycles. The van der Waals surface area contributed by atoms with Gasteiger partial charge < -0.3 is 4.74 Å². The molecule has 0 saturated heterocycles. The first-order valence-corrected chi connectivity index (χ1v) is 5.99. The standard InChI is InChI=1S/C11H13BrFNO2/c1-8(6-12)7-16-11(15)14-10-4-2-9(13)3-5-10/h2-5,8H,6-7H2,1H3,(H,14,15). The maximum absolute atomic E-state index is 12.6. The van der Waals surface area contributed by atoms with Crippen molar-refractivity contribution in [3.05, 3.63) is 30.1 Å². The van der Waals surface area contributed by atoms with Crippen molar-refractivity contribution >= 4 is 27.7 Å². The SMILES string of the molecule is CC(CBr)COC(=O)Nc1ccc(F)cc1. The topological polar surface area (TPSA) is 38.3 Å². The van der Waals surface area contributed by atoms with E-state index in [1.807, 2.05) is 6.92 Å². The maximum atomic E-state index is 12.6. The average molecular weight is 290 g/mol. The van der Waals surface area contributed by atoms with Crippen molar-refractivity contribution in [2.45, 2.75) is 6.92 Å². The average Bonchev–Trinajstić information content (AvgIpc) is 2.29. The number of carbonyl (C=O) groups is 1. The van der Waals surface area contributed by atoms with Crippen molar-refractivity contribution in [2.24, 2.45) is 5.92 Å². The Bertz CT molecular complexity index is 342. The van der Waals surface area contributed by atoms with Crippen molar-refractivity contribution in [3.8, 4) is 0 Å². The first-order valence-electron chi connectivity index (χ1n) is 4.87. The van der Waals surface area contributed by atoms with Crippen LogP contribution in [0.1, 0.15) is 6.92 Å². The summed E-state index contributed by atoms with van der Waals surface area (Å²) in [5.74, 6) is -0.0780. The van der Waals surface area contributed by atoms with E-state index in [9.17, 15) is 9.18 Å². The fraction of sp³-hybridized carbons (Fsp3) is 0.364. The molecule has 0 spiro atoms. The number of hydrogen-bond acceptors (Lipinski definition) is 2. The number of halogens is 2. The second-order valence-electron chi connectivity index (χ2n) is 3.49. The van der Waals surface area contributed by atoms with Gasteiger partial charge in [-0.25, -0.2) is 9.18 Å². The molecule has 0 aromatic heterocycles. The van der Waals surface area contributed by atoms with Crippen molar-refractivity contribution in [1.82, 2.24) is 0 Å². The minimum Gasteiger partial charge on any atom is -0.449 e. The quantitative estimate of drug-likeness (QED) is 0.863. The van der Waals surface area contributed by atoms with E-state index in [0.29, 0.717) is 12.3 Å². The molecule has 0 heterocycles. The normalized spacial score (nSPS) is 11.9. The molecule has 1 N–H and O–H groups in total. The fourth-order valence-corrected chi connectivity index (χ4v) is 1.14. The van der Waals surface area contributed by atoms with Crippen molar-refractivity contribution in [3.63, 3.8) is 0 Å². The molecule has 1 unspecified atom stereocenters. The van der Waals surface area contributed by atoms with Crippen LogP contribution in [0.25, 0.3) is 0 Å². The number of anilines is 1. The van der Waals surface area contributed by atoms with Gasteiger partial charge in [0.2, 0.25) is 0 Å². The summed E-state index contributed by atoms with van der Waals surface area (Å²) in [4.78, 5) is 11.3. The molecule has 0 bridgehead atoms. The van der Waals surface area contributed by atoms with Crippen LogP contribution in [-0.4, -0.2) is 18.0 Å². The van der Waals surface area contributed by atoms with Gasteiger partial charge in [-0.05, 0) is 24.3 Å². The summed E-state index contributed by atoms with van der Waals surface area (Å²) in [6.07, 6.45) is -0.528. The van der Waals surface area contributed by atoms with Crippen LogP contribution in [0.3, 0.4) is 0 Å². The van der Waals surface area contributed by atoms with E-state index in [1.165, 1.54) is 24.3 Å². The molecule has 5 heteroatoms. The Labute approximate surface area is 102 Å². The highest BCUT2D eigenvalue weighted by atomic mass is 79.9. The Morgan fingerprint density at radius 2 is 2.12 bits per heavy atom. The van der Waals surface area contributed by atoms with E-state index in [-0.39, 0.29) is 11.7 Å². The van der Waals surface area contributed by atoms with Crippen LogP contribution in [0.2, 0.25) is 0 Å². The molecule has 1 amide bonds. The molecule has 88 valence electrons. The minimum absolute atomic E-state index is 0.263. The van der Waals surface area contributed by atoms with Crippen LogP contribution in [0, 0.1) is 11.7 Å². The monoisotopic (exact) mass is 289 g/mol. The van der Waals surface area contributed by atoms with Gasteiger partial charge in [0.1, 0.15) is 5.82 Å². The highest BCUT2D eigenvalue weighted by molar-refractivity contribution is 9.09. The molecule has 16 heavy (non-hydrogen) atoms. The summed E-state index contributed by atoms with van der Waals surface area (Å²) in [5.41, 5.74) is 0.512. The van der Waals surface area contributed by atoms with Gasteiger partial charge in [0.25, 0.3) is 0 Å². The zero-order valence-corrected chi connectivity index (χ0v) is 10.5. The lowest BCUT2D eigenvalue weighted by atomic mass is 10.2. The van der Waals surface area contributed by atoms with E-state index >= 15 is 0 Å². The molecule has 1 aromatic carbocycles. The molecule has 0 fully saturated rings. The van der Waals surface area contributed by atoms with Crippen LogP contribution in [0.4, 0.5) is 14.9 Å². The molecule has 1 aromatic rings. The third-order valence-corrected chi connectivity index (χ3v) is 2.96. The van der Waals surface area contributed by atoms with Gasteiger partial charge in [-0.3, -0.25) is 5.32 Å². The van der Waals surface area contributed by atoms with Crippen LogP contribution in [-0.2, 0) is 4.74 Å². The van der Waals surface area contributed by atoms with E-state index in [2.05, 4.69) is 21.2 Å². The second kappa shape index (κ2) is 6.48. The van der Waals surface area contributed by atoms with Crippen LogP contribution in [0.15, 0.2) is 24.3 Å². The number of carbonyl (C=O) groups excluding carboxylic acids is 1. The highest BCUT2D eigenvalue weighted by Gasteiger charge is 2.06. The number of ether oxygens (including phenoxy) is 1. The Balaban J connectivity index is 2.37. The molecule has 1 rings (SSSR count). The number of alkyl halides is 1. The summed E-state index contributed by atoms with van der Waals surface area (Å²) < 4.78 is 17.5. The Hall–Kier alpha value is -1.10. The summed E-state index contributed by atoms with van der Waals surface area (Å²) >= 11 is 3.29. The molecule has 3 nitrogen and oxygen atoms in total. The first-order chi connectivity index (χ1) is 7.61. The van der Waals surface area contributed by atoms with Crippen molar-refractivity contribution in [1.29, 1.82) is 0 Å². The number of hydrogen-bond donors (Lipinski definition) is 1. The van der Waals surface area contributed by atoms with E-state index in [0.717, 1.165) is 5.33 Å². The van der Waals surface area contributed by atoms with Gasteiger partial charge >= 0.3 is 6.09 Å². The predicted octanol–water partition coefficient (Wildman–Crippen LogP) is 3.41. The van der Waals surface area contributed by atoms with Crippen molar-refractivity contribution in [2.75, 3.05) is 17.3 Å². The number of benzene rings is 1. The van der Waals surface area contributed by atoms with E-state index in [4.69, 9.17) is 4.74 Å². The molecular weight excluding hydrogens is 277 g/mol. The van der Waals surface area contributed by atoms with Gasteiger partial charge in [0, 0.05) is 16.9 Å². The Morgan fingerprint density at radius 3 is 2.69 bits per heavy atom. The second-order valence-corrected chi connectivity index (χ2v) is 4.14. The molecule has 0 aliphatic carbocycles. The Morgan fingerprint density at radius 1 is 1.50 bits per heavy atom. The number of amides is 1. The molecule has 0 aliphatic rings. The third-order valence-electron chi connectivity index (χ3n) is 1.85. The molecular formula is C11H13BrFNO2. The number of nitrogens with one attached hydrogen (secondary N) is 1. The van der Waals surface area contributed by atoms with E-state index < -0.39 is 6.09 Å². The van der Waals surface area contributed by atoms with Crippen LogP contribution < -0.4 is 5.32 Å². The fourth-order valence-electron chi connectivity index (χ4n) is 0.950. The lowest BCUT2D eigenvalue weighted by molar-refractivity contribution is 0.148. The highest BCUT2D eigenvalue weighted by Crippen LogP contribution is 2.09. The largest absolute Gasteiger partial charge is 0.449 e. The lowest BCUT2D eigenvalue weighted by Gasteiger charge is -2.09. The summed E-state index contributed by atoms with van der Waals surface area (Å²) in [6, 6.07) is 5.50. The zero-order chi connectivity index (χ0) is 12.0. The van der Waals surface area contributed by atoms with Gasteiger partial charge in [-0.15, -0.1) is 0 Å². The molecule has 0 saturated carbocycles. The van der Waals surface area contributed by atoms with Gasteiger partial charge in [-0.2, -0.15) is 0 Å². The number of rotatable bonds is 4. The van der Waals surface area contributed by atoms with Gasteiger partial charge in [0.05, 0.1) is 6.61 Å². The van der Waals surface area contributed by atoms with Crippen LogP contribution >= 0.6 is 15.9 Å². The summed E-state index contributed by atoms with van der Waals surface area (Å²) in [7, 11) is 0. The maximum Gasteiger partial charge on any atom is 0.411 e. The van der Waals surface area contributed by atoms with Gasteiger partial charge in [0.15, 0.2) is 0 Å². The lowest BCUT2D eigenvalue weighted by Crippen LogP contribution is -2.18. The molecule has 0 radical (unpaired) electrons. The summed E-state index contributed by atoms with van der Waals surface area (Å²) in [5, 5.41) is 3.28. The summed E-state index contributed by atoms with van der Waals surface area (Å²) in [6.45, 7) is 2.30.